The topological polar surface area (TPSA) is 24.5 Å². The average Bonchev–Trinajstić information content (AvgIpc) is 3.26. The number of nitrogens with zero attached hydrogens (tertiary/aromatic N) is 1. The van der Waals surface area contributed by atoms with Crippen molar-refractivity contribution in [2.75, 3.05) is 32.8 Å². The van der Waals surface area contributed by atoms with E-state index in [9.17, 15) is 0 Å². The molecule has 3 nitrogen and oxygen atoms in total. The summed E-state index contributed by atoms with van der Waals surface area (Å²) in [4.78, 5) is 2.66. The van der Waals surface area contributed by atoms with Gasteiger partial charge >= 0.3 is 0 Å². The molecule has 23 heavy (non-hydrogen) atoms. The maximum absolute atomic E-state index is 6.17. The van der Waals surface area contributed by atoms with Gasteiger partial charge in [0, 0.05) is 29.7 Å². The zero-order valence-electron chi connectivity index (χ0n) is 13.2. The molecular weight excluding hydrogens is 331 g/mol. The summed E-state index contributed by atoms with van der Waals surface area (Å²) >= 11 is 12.2. The molecule has 1 N–H and O–H groups in total. The van der Waals surface area contributed by atoms with Gasteiger partial charge in [0.05, 0.1) is 5.02 Å². The third-order valence-electron chi connectivity index (χ3n) is 4.96. The first-order valence-corrected chi connectivity index (χ1v) is 9.20. The van der Waals surface area contributed by atoms with E-state index in [1.807, 2.05) is 6.07 Å². The van der Waals surface area contributed by atoms with Gasteiger partial charge in [0.1, 0.15) is 12.4 Å². The van der Waals surface area contributed by atoms with E-state index in [1.54, 1.807) is 6.07 Å². The van der Waals surface area contributed by atoms with Crippen molar-refractivity contribution < 1.29 is 4.74 Å². The first-order chi connectivity index (χ1) is 11.2. The largest absolute Gasteiger partial charge is 0.487 e. The maximum Gasteiger partial charge on any atom is 0.145 e. The summed E-state index contributed by atoms with van der Waals surface area (Å²) in [5.74, 6) is 1.53. The van der Waals surface area contributed by atoms with E-state index in [-0.39, 0.29) is 0 Å². The summed E-state index contributed by atoms with van der Waals surface area (Å²) in [5, 5.41) is 4.83. The average molecular weight is 353 g/mol. The van der Waals surface area contributed by atoms with Gasteiger partial charge in [0.25, 0.3) is 0 Å². The molecule has 124 valence electrons. The zero-order valence-corrected chi connectivity index (χ0v) is 14.7. The lowest BCUT2D eigenvalue weighted by Gasteiger charge is -2.20. The summed E-state index contributed by atoms with van der Waals surface area (Å²) in [6.45, 7) is 5.10. The predicted octanol–water partition coefficient (Wildman–Crippen LogP) is 3.84. The van der Waals surface area contributed by atoms with E-state index in [0.717, 1.165) is 36.4 Å². The van der Waals surface area contributed by atoms with Crippen molar-refractivity contribution in [2.24, 2.45) is 5.92 Å². The third-order valence-corrected chi connectivity index (χ3v) is 5.46. The lowest BCUT2D eigenvalue weighted by molar-refractivity contribution is 0.311. The van der Waals surface area contributed by atoms with E-state index in [0.29, 0.717) is 16.7 Å². The van der Waals surface area contributed by atoms with Crippen LogP contribution < -0.4 is 10.1 Å². The molecule has 0 bridgehead atoms. The number of halogens is 2. The van der Waals surface area contributed by atoms with Crippen molar-refractivity contribution >= 4 is 29.3 Å². The van der Waals surface area contributed by atoms with Crippen LogP contribution in [-0.2, 0) is 0 Å². The highest BCUT2D eigenvalue weighted by molar-refractivity contribution is 6.36. The van der Waals surface area contributed by atoms with Crippen LogP contribution in [0.4, 0.5) is 0 Å². The van der Waals surface area contributed by atoms with Crippen molar-refractivity contribution in [3.8, 4) is 5.75 Å². The number of benzene rings is 1. The number of likely N-dealkylation sites (tertiary alicyclic amines) is 1. The highest BCUT2D eigenvalue weighted by atomic mass is 35.5. The van der Waals surface area contributed by atoms with E-state index in [4.69, 9.17) is 27.9 Å². The standard InChI is InChI=1S/C18H22Cl2N2O/c19-15-6-14-5-13(11-23-18(14)17(20)7-15)9-21-8-12-3-4-22(10-12)16-1-2-16/h5-7,12,16,21H,1-4,8-11H2. The minimum atomic E-state index is 0.585. The highest BCUT2D eigenvalue weighted by Crippen LogP contribution is 2.36. The predicted molar refractivity (Wildman–Crippen MR) is 95.5 cm³/mol. The summed E-state index contributed by atoms with van der Waals surface area (Å²) < 4.78 is 5.79. The van der Waals surface area contributed by atoms with E-state index in [1.165, 1.54) is 37.9 Å². The number of fused-ring (bicyclic) bond motifs is 1. The Hall–Kier alpha value is -0.740. The van der Waals surface area contributed by atoms with Crippen molar-refractivity contribution in [2.45, 2.75) is 25.3 Å². The molecular formula is C18H22Cl2N2O. The van der Waals surface area contributed by atoms with Crippen LogP contribution in [0.5, 0.6) is 5.75 Å². The Morgan fingerprint density at radius 1 is 1.22 bits per heavy atom. The lowest BCUT2D eigenvalue weighted by Crippen LogP contribution is -2.29. The summed E-state index contributed by atoms with van der Waals surface area (Å²) in [7, 11) is 0. The Bertz CT molecular complexity index is 628. The maximum atomic E-state index is 6.17. The monoisotopic (exact) mass is 352 g/mol. The fourth-order valence-corrected chi connectivity index (χ4v) is 4.17. The molecule has 4 rings (SSSR count). The molecule has 1 aromatic carbocycles. The molecule has 0 aromatic heterocycles. The minimum Gasteiger partial charge on any atom is -0.487 e. The van der Waals surface area contributed by atoms with Crippen LogP contribution in [0.2, 0.25) is 10.0 Å². The zero-order chi connectivity index (χ0) is 15.8. The number of hydrogen-bond acceptors (Lipinski definition) is 3. The highest BCUT2D eigenvalue weighted by Gasteiger charge is 2.34. The van der Waals surface area contributed by atoms with Gasteiger partial charge in [-0.1, -0.05) is 23.2 Å². The van der Waals surface area contributed by atoms with Gasteiger partial charge in [-0.3, -0.25) is 0 Å². The Morgan fingerprint density at radius 2 is 2.09 bits per heavy atom. The van der Waals surface area contributed by atoms with Gasteiger partial charge in [-0.2, -0.15) is 0 Å². The number of nitrogens with one attached hydrogen (secondary N) is 1. The Labute approximate surface area is 147 Å². The smallest absolute Gasteiger partial charge is 0.145 e. The molecule has 2 heterocycles. The molecule has 1 unspecified atom stereocenters. The molecule has 1 atom stereocenters. The van der Waals surface area contributed by atoms with Gasteiger partial charge in [-0.05, 0) is 62.1 Å². The molecule has 1 aromatic rings. The Morgan fingerprint density at radius 3 is 2.91 bits per heavy atom. The van der Waals surface area contributed by atoms with E-state index < -0.39 is 0 Å². The van der Waals surface area contributed by atoms with Crippen LogP contribution in [0.3, 0.4) is 0 Å². The van der Waals surface area contributed by atoms with Crippen molar-refractivity contribution in [3.05, 3.63) is 33.3 Å². The quantitative estimate of drug-likeness (QED) is 0.870. The lowest BCUT2D eigenvalue weighted by atomic mass is 10.1. The molecule has 2 aliphatic heterocycles. The van der Waals surface area contributed by atoms with E-state index >= 15 is 0 Å². The number of ether oxygens (including phenoxy) is 1. The van der Waals surface area contributed by atoms with Crippen LogP contribution in [0.15, 0.2) is 17.7 Å². The first-order valence-electron chi connectivity index (χ1n) is 8.45. The SMILES string of the molecule is Clc1cc(Cl)c2c(c1)C=C(CNCC1CCN(C3CC3)C1)CO2. The minimum absolute atomic E-state index is 0.585. The van der Waals surface area contributed by atoms with Gasteiger partial charge in [0.15, 0.2) is 0 Å². The van der Waals surface area contributed by atoms with Crippen LogP contribution >= 0.6 is 23.2 Å². The summed E-state index contributed by atoms with van der Waals surface area (Å²) in [5.41, 5.74) is 2.22. The van der Waals surface area contributed by atoms with Crippen molar-refractivity contribution in [3.63, 3.8) is 0 Å². The molecule has 1 saturated carbocycles. The normalized spacial score (nSPS) is 24.3. The second-order valence-electron chi connectivity index (χ2n) is 6.91. The van der Waals surface area contributed by atoms with E-state index in [2.05, 4.69) is 16.3 Å². The molecule has 2 fully saturated rings. The van der Waals surface area contributed by atoms with Gasteiger partial charge in [-0.15, -0.1) is 0 Å². The molecule has 0 radical (unpaired) electrons. The molecule has 5 heteroatoms. The van der Waals surface area contributed by atoms with Crippen LogP contribution in [0.1, 0.15) is 24.8 Å². The van der Waals surface area contributed by atoms with Crippen LogP contribution in [-0.4, -0.2) is 43.7 Å². The second-order valence-corrected chi connectivity index (χ2v) is 7.75. The fourth-order valence-electron chi connectivity index (χ4n) is 3.61. The fraction of sp³-hybridized carbons (Fsp3) is 0.556. The third kappa shape index (κ3) is 3.69. The van der Waals surface area contributed by atoms with Crippen molar-refractivity contribution in [1.29, 1.82) is 0 Å². The molecule has 0 amide bonds. The Balaban J connectivity index is 1.30. The van der Waals surface area contributed by atoms with Crippen LogP contribution in [0, 0.1) is 5.92 Å². The molecule has 0 spiro atoms. The van der Waals surface area contributed by atoms with Crippen LogP contribution in [0.25, 0.3) is 6.08 Å². The second kappa shape index (κ2) is 6.64. The first kappa shape index (κ1) is 15.8. The molecule has 3 aliphatic rings. The van der Waals surface area contributed by atoms with Gasteiger partial charge in [-0.25, -0.2) is 0 Å². The molecule has 1 saturated heterocycles. The number of hydrogen-bond donors (Lipinski definition) is 1. The Kier molecular flexibility index (Phi) is 4.55. The van der Waals surface area contributed by atoms with Crippen molar-refractivity contribution in [1.82, 2.24) is 10.2 Å². The van der Waals surface area contributed by atoms with Gasteiger partial charge < -0.3 is 15.0 Å². The van der Waals surface area contributed by atoms with Gasteiger partial charge in [0.2, 0.25) is 0 Å². The molecule has 1 aliphatic carbocycles. The number of rotatable bonds is 5. The summed E-state index contributed by atoms with van der Waals surface area (Å²) in [6, 6.07) is 4.54. The summed E-state index contributed by atoms with van der Waals surface area (Å²) in [6.07, 6.45) is 6.30.